The normalized spacial score (nSPS) is 10.5. The Morgan fingerprint density at radius 1 is 0.593 bits per heavy atom. The van der Waals surface area contributed by atoms with Gasteiger partial charge < -0.3 is 9.47 Å². The quantitative estimate of drug-likeness (QED) is 0.388. The zero-order valence-corrected chi connectivity index (χ0v) is 16.0. The Morgan fingerprint density at radius 3 is 1.33 bits per heavy atom. The molecule has 0 aliphatic carbocycles. The van der Waals surface area contributed by atoms with Gasteiger partial charge in [0.2, 0.25) is 0 Å². The van der Waals surface area contributed by atoms with Crippen LogP contribution in [-0.4, -0.2) is 11.9 Å². The van der Waals surface area contributed by atoms with E-state index < -0.39 is 7.92 Å². The molecule has 0 spiro atoms. The van der Waals surface area contributed by atoms with E-state index in [0.717, 1.165) is 10.6 Å². The summed E-state index contributed by atoms with van der Waals surface area (Å²) in [6.07, 6.45) is 0. The Morgan fingerprint density at radius 2 is 0.963 bits per heavy atom. The lowest BCUT2D eigenvalue weighted by molar-refractivity contribution is -0.132. The van der Waals surface area contributed by atoms with Gasteiger partial charge in [0.25, 0.3) is 0 Å². The van der Waals surface area contributed by atoms with E-state index in [0.29, 0.717) is 11.5 Å². The van der Waals surface area contributed by atoms with E-state index in [2.05, 4.69) is 12.1 Å². The van der Waals surface area contributed by atoms with E-state index in [9.17, 15) is 9.59 Å². The molecule has 3 aromatic rings. The molecule has 0 radical (unpaired) electrons. The summed E-state index contributed by atoms with van der Waals surface area (Å²) >= 11 is 0. The molecule has 0 aliphatic heterocycles. The van der Waals surface area contributed by atoms with E-state index in [4.69, 9.17) is 9.47 Å². The highest BCUT2D eigenvalue weighted by atomic mass is 31.1. The average molecular weight is 378 g/mol. The Hall–Kier alpha value is -2.97. The molecular formula is C22H19O4P. The van der Waals surface area contributed by atoms with Gasteiger partial charge >= 0.3 is 11.9 Å². The van der Waals surface area contributed by atoms with Gasteiger partial charge in [-0.25, -0.2) is 0 Å². The summed E-state index contributed by atoms with van der Waals surface area (Å²) in [5.74, 6) is 0.377. The smallest absolute Gasteiger partial charge is 0.308 e. The van der Waals surface area contributed by atoms with E-state index >= 15 is 0 Å². The number of rotatable bonds is 5. The highest BCUT2D eigenvalue weighted by molar-refractivity contribution is 7.79. The van der Waals surface area contributed by atoms with Crippen molar-refractivity contribution in [2.75, 3.05) is 0 Å². The molecule has 27 heavy (non-hydrogen) atoms. The zero-order valence-electron chi connectivity index (χ0n) is 15.1. The Labute approximate surface area is 159 Å². The number of carbonyl (C=O) groups excluding carboxylic acids is 2. The fourth-order valence-corrected chi connectivity index (χ4v) is 4.94. The summed E-state index contributed by atoms with van der Waals surface area (Å²) in [7, 11) is -0.792. The van der Waals surface area contributed by atoms with Gasteiger partial charge in [0.05, 0.1) is 0 Å². The minimum absolute atomic E-state index is 0.339. The maximum absolute atomic E-state index is 11.1. The van der Waals surface area contributed by atoms with Gasteiger partial charge in [0, 0.05) is 13.8 Å². The van der Waals surface area contributed by atoms with Crippen LogP contribution in [0.5, 0.6) is 11.5 Å². The Balaban J connectivity index is 1.97. The molecule has 0 saturated heterocycles. The predicted octanol–water partition coefficient (Wildman–Crippen LogP) is 3.30. The lowest BCUT2D eigenvalue weighted by Gasteiger charge is -2.19. The molecule has 0 aromatic heterocycles. The summed E-state index contributed by atoms with van der Waals surface area (Å²) in [6.45, 7) is 2.77. The summed E-state index contributed by atoms with van der Waals surface area (Å²) in [5, 5.41) is 3.47. The minimum Gasteiger partial charge on any atom is -0.427 e. The Bertz CT molecular complexity index is 859. The highest BCUT2D eigenvalue weighted by Crippen LogP contribution is 2.33. The van der Waals surface area contributed by atoms with Crippen molar-refractivity contribution in [3.8, 4) is 11.5 Å². The van der Waals surface area contributed by atoms with Crippen molar-refractivity contribution in [2.45, 2.75) is 13.8 Å². The van der Waals surface area contributed by atoms with Crippen LogP contribution in [0, 0.1) is 0 Å². The molecule has 0 N–H and O–H groups in total. The lowest BCUT2D eigenvalue weighted by atomic mass is 10.3. The van der Waals surface area contributed by atoms with Crippen molar-refractivity contribution in [3.05, 3.63) is 78.9 Å². The van der Waals surface area contributed by atoms with E-state index in [1.165, 1.54) is 19.2 Å². The number of benzene rings is 3. The molecule has 0 unspecified atom stereocenters. The standard InChI is InChI=1S/C22H19O4P/c1-16(23)25-18-8-12-21(13-9-18)27(20-6-4-3-5-7-20)22-14-10-19(11-15-22)26-17(2)24/h3-15H,1-2H3. The first-order valence-electron chi connectivity index (χ1n) is 8.45. The predicted molar refractivity (Wildman–Crippen MR) is 108 cm³/mol. The SMILES string of the molecule is CC(=O)Oc1ccc(P(c2ccccc2)c2ccc(OC(C)=O)cc2)cc1. The summed E-state index contributed by atoms with van der Waals surface area (Å²) in [4.78, 5) is 22.3. The second-order valence-electron chi connectivity index (χ2n) is 5.85. The van der Waals surface area contributed by atoms with Crippen LogP contribution in [-0.2, 0) is 9.59 Å². The monoisotopic (exact) mass is 378 g/mol. The topological polar surface area (TPSA) is 52.6 Å². The van der Waals surface area contributed by atoms with Gasteiger partial charge in [-0.15, -0.1) is 0 Å². The van der Waals surface area contributed by atoms with Gasteiger partial charge in [-0.2, -0.15) is 0 Å². The summed E-state index contributed by atoms with van der Waals surface area (Å²) in [5.41, 5.74) is 0. The van der Waals surface area contributed by atoms with Crippen molar-refractivity contribution in [1.29, 1.82) is 0 Å². The van der Waals surface area contributed by atoms with E-state index in [1.54, 1.807) is 0 Å². The maximum atomic E-state index is 11.1. The van der Waals surface area contributed by atoms with Crippen LogP contribution >= 0.6 is 7.92 Å². The number of ether oxygens (including phenoxy) is 2. The molecule has 0 bridgehead atoms. The van der Waals surface area contributed by atoms with Crippen LogP contribution in [0.4, 0.5) is 0 Å². The molecule has 3 aromatic carbocycles. The number of carbonyl (C=O) groups is 2. The molecule has 0 atom stereocenters. The molecule has 4 nitrogen and oxygen atoms in total. The lowest BCUT2D eigenvalue weighted by Crippen LogP contribution is -2.20. The second-order valence-corrected chi connectivity index (χ2v) is 8.07. The molecule has 3 rings (SSSR count). The van der Waals surface area contributed by atoms with Crippen LogP contribution in [0.15, 0.2) is 78.9 Å². The van der Waals surface area contributed by atoms with E-state index in [1.807, 2.05) is 66.7 Å². The molecule has 0 aliphatic rings. The summed E-state index contributed by atoms with van der Waals surface area (Å²) in [6, 6.07) is 25.4. The molecule has 5 heteroatoms. The first kappa shape index (κ1) is 18.8. The largest absolute Gasteiger partial charge is 0.427 e. The van der Waals surface area contributed by atoms with Gasteiger partial charge in [-0.05, 0) is 48.1 Å². The molecule has 0 heterocycles. The third-order valence-electron chi connectivity index (χ3n) is 3.73. The summed E-state index contributed by atoms with van der Waals surface area (Å²) < 4.78 is 10.3. The van der Waals surface area contributed by atoms with Gasteiger partial charge in [-0.1, -0.05) is 54.6 Å². The maximum Gasteiger partial charge on any atom is 0.308 e. The molecular weight excluding hydrogens is 359 g/mol. The van der Waals surface area contributed by atoms with Crippen molar-refractivity contribution < 1.29 is 19.1 Å². The molecule has 0 saturated carbocycles. The minimum atomic E-state index is -0.792. The fourth-order valence-electron chi connectivity index (χ4n) is 2.68. The highest BCUT2D eigenvalue weighted by Gasteiger charge is 2.17. The number of hydrogen-bond acceptors (Lipinski definition) is 4. The van der Waals surface area contributed by atoms with Crippen LogP contribution in [0.2, 0.25) is 0 Å². The molecule has 0 fully saturated rings. The van der Waals surface area contributed by atoms with Crippen molar-refractivity contribution >= 4 is 35.8 Å². The average Bonchev–Trinajstić information content (AvgIpc) is 2.65. The van der Waals surface area contributed by atoms with Crippen molar-refractivity contribution in [1.82, 2.24) is 0 Å². The van der Waals surface area contributed by atoms with Crippen LogP contribution in [0.1, 0.15) is 13.8 Å². The van der Waals surface area contributed by atoms with Gasteiger partial charge in [0.1, 0.15) is 11.5 Å². The van der Waals surface area contributed by atoms with Gasteiger partial charge in [-0.3, -0.25) is 9.59 Å². The zero-order chi connectivity index (χ0) is 19.2. The first-order valence-corrected chi connectivity index (χ1v) is 9.79. The second kappa shape index (κ2) is 8.61. The van der Waals surface area contributed by atoms with Gasteiger partial charge in [0.15, 0.2) is 0 Å². The van der Waals surface area contributed by atoms with E-state index in [-0.39, 0.29) is 11.9 Å². The third kappa shape index (κ3) is 5.02. The Kier molecular flexibility index (Phi) is 6.00. The first-order chi connectivity index (χ1) is 13.0. The van der Waals surface area contributed by atoms with Crippen molar-refractivity contribution in [2.24, 2.45) is 0 Å². The fraction of sp³-hybridized carbons (Fsp3) is 0.0909. The van der Waals surface area contributed by atoms with Crippen molar-refractivity contribution in [3.63, 3.8) is 0 Å². The number of esters is 2. The molecule has 0 amide bonds. The van der Waals surface area contributed by atoms with Crippen LogP contribution in [0.3, 0.4) is 0 Å². The van der Waals surface area contributed by atoms with Crippen LogP contribution < -0.4 is 25.4 Å². The van der Waals surface area contributed by atoms with Crippen LogP contribution in [0.25, 0.3) is 0 Å². The molecule has 136 valence electrons. The number of hydrogen-bond donors (Lipinski definition) is 0. The third-order valence-corrected chi connectivity index (χ3v) is 6.17.